The van der Waals surface area contributed by atoms with Crippen LogP contribution < -0.4 is 11.1 Å². The van der Waals surface area contributed by atoms with Crippen LogP contribution in [0.1, 0.15) is 48.7 Å². The van der Waals surface area contributed by atoms with E-state index in [9.17, 15) is 4.79 Å². The molecule has 0 saturated heterocycles. The molecule has 1 amide bonds. The van der Waals surface area contributed by atoms with Crippen LogP contribution in [0.25, 0.3) is 0 Å². The number of hydrogen-bond acceptors (Lipinski definition) is 3. The number of aromatic nitrogens is 2. The van der Waals surface area contributed by atoms with Gasteiger partial charge in [-0.3, -0.25) is 14.8 Å². The molecule has 5 nitrogen and oxygen atoms in total. The first-order valence-electron chi connectivity index (χ1n) is 7.85. The highest BCUT2D eigenvalue weighted by Gasteiger charge is 2.28. The summed E-state index contributed by atoms with van der Waals surface area (Å²) in [6.07, 6.45) is 5.07. The van der Waals surface area contributed by atoms with Crippen molar-refractivity contribution in [1.82, 2.24) is 15.1 Å². The molecule has 1 aromatic carbocycles. The van der Waals surface area contributed by atoms with E-state index >= 15 is 0 Å². The van der Waals surface area contributed by atoms with Crippen molar-refractivity contribution in [3.05, 3.63) is 53.3 Å². The number of aryl methyl sites for hydroxylation is 1. The Hall–Kier alpha value is -2.14. The first kappa shape index (κ1) is 14.8. The number of carbonyl (C=O) groups excluding carboxylic acids is 1. The summed E-state index contributed by atoms with van der Waals surface area (Å²) in [5.74, 6) is -0.346. The quantitative estimate of drug-likeness (QED) is 0.888. The molecule has 3 N–H and O–H groups in total. The van der Waals surface area contributed by atoms with Gasteiger partial charge in [0, 0.05) is 23.8 Å². The minimum Gasteiger partial charge on any atom is -0.368 e. The van der Waals surface area contributed by atoms with E-state index in [1.807, 2.05) is 41.2 Å². The summed E-state index contributed by atoms with van der Waals surface area (Å²) >= 11 is 0. The standard InChI is InChI=1S/C17H22N4O/c1-2-21-15-10-6-9-14(13(15)11-19-21)20-16(17(18)22)12-7-4-3-5-8-12/h3-5,7-8,11,14,16,20H,2,6,9-10H2,1H3,(H2,18,22). The molecule has 0 saturated carbocycles. The number of hydrogen-bond donors (Lipinski definition) is 2. The molecule has 2 aromatic rings. The molecule has 0 fully saturated rings. The molecule has 5 heteroatoms. The molecular weight excluding hydrogens is 276 g/mol. The van der Waals surface area contributed by atoms with Crippen LogP contribution in [0, 0.1) is 0 Å². The van der Waals surface area contributed by atoms with Crippen LogP contribution in [0.4, 0.5) is 0 Å². The van der Waals surface area contributed by atoms with Crippen molar-refractivity contribution >= 4 is 5.91 Å². The van der Waals surface area contributed by atoms with E-state index in [1.54, 1.807) is 0 Å². The Morgan fingerprint density at radius 3 is 2.91 bits per heavy atom. The van der Waals surface area contributed by atoms with Crippen LogP contribution in [0.2, 0.25) is 0 Å². The zero-order valence-corrected chi connectivity index (χ0v) is 12.8. The SMILES string of the molecule is CCn1ncc2c1CCCC2NC(C(N)=O)c1ccccc1. The van der Waals surface area contributed by atoms with Crippen molar-refractivity contribution in [3.63, 3.8) is 0 Å². The Morgan fingerprint density at radius 2 is 2.23 bits per heavy atom. The average molecular weight is 298 g/mol. The van der Waals surface area contributed by atoms with Gasteiger partial charge in [0.15, 0.2) is 0 Å². The first-order chi connectivity index (χ1) is 10.7. The predicted octanol–water partition coefficient (Wildman–Crippen LogP) is 2.10. The van der Waals surface area contributed by atoms with Crippen molar-refractivity contribution in [2.45, 2.75) is 44.8 Å². The molecular formula is C17H22N4O. The van der Waals surface area contributed by atoms with Crippen LogP contribution in [-0.4, -0.2) is 15.7 Å². The topological polar surface area (TPSA) is 72.9 Å². The van der Waals surface area contributed by atoms with Gasteiger partial charge in [-0.2, -0.15) is 5.10 Å². The largest absolute Gasteiger partial charge is 0.368 e. The Bertz CT molecular complexity index is 650. The Labute approximate surface area is 130 Å². The molecule has 3 rings (SSSR count). The maximum absolute atomic E-state index is 11.9. The maximum atomic E-state index is 11.9. The van der Waals surface area contributed by atoms with Gasteiger partial charge in [-0.1, -0.05) is 30.3 Å². The van der Waals surface area contributed by atoms with Crippen molar-refractivity contribution in [3.8, 4) is 0 Å². The zero-order valence-electron chi connectivity index (χ0n) is 12.8. The summed E-state index contributed by atoms with van der Waals surface area (Å²) in [5.41, 5.74) is 9.01. The van der Waals surface area contributed by atoms with Gasteiger partial charge >= 0.3 is 0 Å². The number of fused-ring (bicyclic) bond motifs is 1. The highest BCUT2D eigenvalue weighted by atomic mass is 16.1. The highest BCUT2D eigenvalue weighted by Crippen LogP contribution is 2.31. The van der Waals surface area contributed by atoms with Gasteiger partial charge < -0.3 is 5.73 Å². The maximum Gasteiger partial charge on any atom is 0.239 e. The molecule has 1 heterocycles. The molecule has 1 aromatic heterocycles. The molecule has 0 bridgehead atoms. The monoisotopic (exact) mass is 298 g/mol. The van der Waals surface area contributed by atoms with E-state index in [-0.39, 0.29) is 11.9 Å². The van der Waals surface area contributed by atoms with Crippen molar-refractivity contribution in [2.75, 3.05) is 0 Å². The average Bonchev–Trinajstić information content (AvgIpc) is 2.97. The lowest BCUT2D eigenvalue weighted by Crippen LogP contribution is -2.37. The molecule has 0 spiro atoms. The summed E-state index contributed by atoms with van der Waals surface area (Å²) in [5, 5.41) is 7.89. The number of rotatable bonds is 5. The number of nitrogens with zero attached hydrogens (tertiary/aromatic N) is 2. The van der Waals surface area contributed by atoms with Gasteiger partial charge in [-0.05, 0) is 31.7 Å². The summed E-state index contributed by atoms with van der Waals surface area (Å²) in [7, 11) is 0. The Morgan fingerprint density at radius 1 is 1.45 bits per heavy atom. The number of nitrogens with one attached hydrogen (secondary N) is 1. The molecule has 1 aliphatic rings. The summed E-state index contributed by atoms with van der Waals surface area (Å²) in [6.45, 7) is 2.97. The molecule has 0 radical (unpaired) electrons. The van der Waals surface area contributed by atoms with Gasteiger partial charge in [-0.25, -0.2) is 0 Å². The molecule has 116 valence electrons. The third-order valence-electron chi connectivity index (χ3n) is 4.35. The van der Waals surface area contributed by atoms with E-state index in [4.69, 9.17) is 5.73 Å². The normalized spacial score (nSPS) is 18.7. The Kier molecular flexibility index (Phi) is 4.24. The van der Waals surface area contributed by atoms with Gasteiger partial charge in [0.05, 0.1) is 6.20 Å². The van der Waals surface area contributed by atoms with Gasteiger partial charge in [-0.15, -0.1) is 0 Å². The lowest BCUT2D eigenvalue weighted by molar-refractivity contribution is -0.120. The van der Waals surface area contributed by atoms with Crippen LogP contribution in [0.15, 0.2) is 36.5 Å². The molecule has 0 aliphatic heterocycles. The van der Waals surface area contributed by atoms with Crippen LogP contribution in [0.5, 0.6) is 0 Å². The minimum absolute atomic E-state index is 0.127. The highest BCUT2D eigenvalue weighted by molar-refractivity contribution is 5.81. The lowest BCUT2D eigenvalue weighted by atomic mass is 9.91. The summed E-state index contributed by atoms with van der Waals surface area (Å²) in [4.78, 5) is 11.9. The van der Waals surface area contributed by atoms with Gasteiger partial charge in [0.2, 0.25) is 5.91 Å². The second-order valence-corrected chi connectivity index (χ2v) is 5.72. The molecule has 2 unspecified atom stereocenters. The Balaban J connectivity index is 1.86. The number of primary amides is 1. The third kappa shape index (κ3) is 2.76. The van der Waals surface area contributed by atoms with E-state index in [0.29, 0.717) is 0 Å². The number of nitrogens with two attached hydrogens (primary N) is 1. The van der Waals surface area contributed by atoms with E-state index in [2.05, 4.69) is 17.3 Å². The van der Waals surface area contributed by atoms with Crippen molar-refractivity contribution < 1.29 is 4.79 Å². The second kappa shape index (κ2) is 6.32. The predicted molar refractivity (Wildman–Crippen MR) is 85.1 cm³/mol. The zero-order chi connectivity index (χ0) is 15.5. The van der Waals surface area contributed by atoms with E-state index < -0.39 is 6.04 Å². The smallest absolute Gasteiger partial charge is 0.239 e. The number of amides is 1. The minimum atomic E-state index is -0.470. The second-order valence-electron chi connectivity index (χ2n) is 5.72. The first-order valence-corrected chi connectivity index (χ1v) is 7.85. The van der Waals surface area contributed by atoms with Crippen LogP contribution >= 0.6 is 0 Å². The van der Waals surface area contributed by atoms with Crippen molar-refractivity contribution in [1.29, 1.82) is 0 Å². The fourth-order valence-electron chi connectivity index (χ4n) is 3.25. The van der Waals surface area contributed by atoms with E-state index in [1.165, 1.54) is 11.3 Å². The molecule has 2 atom stereocenters. The molecule has 1 aliphatic carbocycles. The number of carbonyl (C=O) groups is 1. The van der Waals surface area contributed by atoms with Crippen LogP contribution in [-0.2, 0) is 17.8 Å². The summed E-state index contributed by atoms with van der Waals surface area (Å²) in [6, 6.07) is 9.31. The lowest BCUT2D eigenvalue weighted by Gasteiger charge is -2.28. The fraction of sp³-hybridized carbons (Fsp3) is 0.412. The third-order valence-corrected chi connectivity index (χ3v) is 4.35. The van der Waals surface area contributed by atoms with Gasteiger partial charge in [0.1, 0.15) is 6.04 Å². The van der Waals surface area contributed by atoms with Crippen molar-refractivity contribution in [2.24, 2.45) is 5.73 Å². The van der Waals surface area contributed by atoms with Gasteiger partial charge in [0.25, 0.3) is 0 Å². The molecule has 22 heavy (non-hydrogen) atoms. The van der Waals surface area contributed by atoms with E-state index in [0.717, 1.165) is 31.4 Å². The van der Waals surface area contributed by atoms with Crippen LogP contribution in [0.3, 0.4) is 0 Å². The fourth-order valence-corrected chi connectivity index (χ4v) is 3.25. The number of benzene rings is 1. The summed E-state index contributed by atoms with van der Waals surface area (Å²) < 4.78 is 2.05.